The van der Waals surface area contributed by atoms with Crippen molar-refractivity contribution in [2.75, 3.05) is 32.7 Å². The average molecular weight is 331 g/mol. The summed E-state index contributed by atoms with van der Waals surface area (Å²) >= 11 is 0. The van der Waals surface area contributed by atoms with E-state index in [9.17, 15) is 0 Å². The summed E-state index contributed by atoms with van der Waals surface area (Å²) in [6.45, 7) is 10.8. The van der Waals surface area contributed by atoms with E-state index in [-0.39, 0.29) is 0 Å². The number of likely N-dealkylation sites (tertiary alicyclic amines) is 1. The summed E-state index contributed by atoms with van der Waals surface area (Å²) < 4.78 is 0. The van der Waals surface area contributed by atoms with E-state index < -0.39 is 0 Å². The minimum atomic E-state index is 0.743. The van der Waals surface area contributed by atoms with Crippen LogP contribution in [0.15, 0.2) is 29.3 Å². The van der Waals surface area contributed by atoms with Crippen molar-refractivity contribution in [3.8, 4) is 0 Å². The van der Waals surface area contributed by atoms with E-state index in [1.54, 1.807) is 0 Å². The molecule has 1 heterocycles. The van der Waals surface area contributed by atoms with Gasteiger partial charge < -0.3 is 15.5 Å². The molecule has 1 aliphatic heterocycles. The van der Waals surface area contributed by atoms with Crippen LogP contribution in [0.1, 0.15) is 50.7 Å². The van der Waals surface area contributed by atoms with Gasteiger partial charge in [-0.05, 0) is 69.8 Å². The topological polar surface area (TPSA) is 39.7 Å². The Morgan fingerprint density at radius 3 is 2.50 bits per heavy atom. The van der Waals surface area contributed by atoms with Gasteiger partial charge in [0, 0.05) is 13.1 Å². The number of hydrogen-bond acceptors (Lipinski definition) is 2. The molecule has 1 aromatic carbocycles. The van der Waals surface area contributed by atoms with E-state index in [1.165, 1.54) is 56.4 Å². The Morgan fingerprint density at radius 1 is 1.04 bits per heavy atom. The molecule has 2 rings (SSSR count). The largest absolute Gasteiger partial charge is 0.357 e. The third-order valence-electron chi connectivity index (χ3n) is 4.64. The Bertz CT molecular complexity index is 492. The molecule has 1 fully saturated rings. The van der Waals surface area contributed by atoms with E-state index in [0.29, 0.717) is 0 Å². The van der Waals surface area contributed by atoms with Crippen molar-refractivity contribution in [1.82, 2.24) is 15.5 Å². The minimum absolute atomic E-state index is 0.743. The van der Waals surface area contributed by atoms with Gasteiger partial charge >= 0.3 is 0 Å². The second kappa shape index (κ2) is 11.1. The number of aliphatic imine (C=N–C) groups is 1. The molecule has 0 unspecified atom stereocenters. The molecule has 1 aromatic rings. The fourth-order valence-electron chi connectivity index (χ4n) is 3.24. The summed E-state index contributed by atoms with van der Waals surface area (Å²) in [7, 11) is 0. The van der Waals surface area contributed by atoms with E-state index in [4.69, 9.17) is 4.99 Å². The number of guanidine groups is 1. The summed E-state index contributed by atoms with van der Waals surface area (Å²) in [4.78, 5) is 7.34. The smallest absolute Gasteiger partial charge is 0.191 e. The van der Waals surface area contributed by atoms with Crippen LogP contribution in [0, 0.1) is 0 Å². The summed E-state index contributed by atoms with van der Waals surface area (Å²) in [5, 5.41) is 6.82. The van der Waals surface area contributed by atoms with Crippen molar-refractivity contribution in [2.24, 2.45) is 4.99 Å². The van der Waals surface area contributed by atoms with Crippen LogP contribution >= 0.6 is 0 Å². The summed E-state index contributed by atoms with van der Waals surface area (Å²) in [6.07, 6.45) is 6.30. The highest BCUT2D eigenvalue weighted by Gasteiger charge is 2.10. The first-order valence-electron chi connectivity index (χ1n) is 9.64. The maximum absolute atomic E-state index is 4.75. The number of nitrogens with zero attached hydrogens (tertiary/aromatic N) is 2. The number of unbranched alkanes of at least 4 members (excludes halogenated alkanes) is 1. The Kier molecular flexibility index (Phi) is 8.67. The Labute approximate surface area is 147 Å². The number of nitrogens with one attached hydrogen (secondary N) is 2. The zero-order valence-corrected chi connectivity index (χ0v) is 15.5. The molecule has 0 radical (unpaired) electrons. The lowest BCUT2D eigenvalue weighted by Gasteiger charge is -2.15. The highest BCUT2D eigenvalue weighted by Crippen LogP contribution is 2.10. The summed E-state index contributed by atoms with van der Waals surface area (Å²) in [6, 6.07) is 8.59. The fraction of sp³-hybridized carbons (Fsp3) is 0.650. The van der Waals surface area contributed by atoms with Crippen LogP contribution in [0.25, 0.3) is 0 Å². The van der Waals surface area contributed by atoms with Crippen molar-refractivity contribution in [3.05, 3.63) is 35.4 Å². The zero-order valence-electron chi connectivity index (χ0n) is 15.5. The lowest BCUT2D eigenvalue weighted by atomic mass is 10.1. The number of benzene rings is 1. The van der Waals surface area contributed by atoms with Gasteiger partial charge in [0.2, 0.25) is 0 Å². The fourth-order valence-corrected chi connectivity index (χ4v) is 3.24. The van der Waals surface area contributed by atoms with E-state index in [2.05, 4.69) is 53.6 Å². The van der Waals surface area contributed by atoms with Crippen molar-refractivity contribution >= 4 is 5.96 Å². The van der Waals surface area contributed by atoms with Gasteiger partial charge in [0.25, 0.3) is 0 Å². The van der Waals surface area contributed by atoms with Crippen LogP contribution in [0.3, 0.4) is 0 Å². The van der Waals surface area contributed by atoms with Gasteiger partial charge in [-0.3, -0.25) is 0 Å². The lowest BCUT2D eigenvalue weighted by Crippen LogP contribution is -2.38. The second-order valence-corrected chi connectivity index (χ2v) is 6.50. The third kappa shape index (κ3) is 6.52. The first-order valence-corrected chi connectivity index (χ1v) is 9.64. The van der Waals surface area contributed by atoms with E-state index >= 15 is 0 Å². The van der Waals surface area contributed by atoms with Crippen LogP contribution in [0.2, 0.25) is 0 Å². The molecule has 1 saturated heterocycles. The molecule has 0 aromatic heterocycles. The molecule has 0 spiro atoms. The zero-order chi connectivity index (χ0) is 17.0. The normalized spacial score (nSPS) is 15.7. The standard InChI is InChI=1S/C20H34N4/c1-3-18-11-5-6-12-19(18)17-23-20(21-4-2)22-13-7-8-14-24-15-9-10-16-24/h5-6,11-12H,3-4,7-10,13-17H2,1-2H3,(H2,21,22,23). The average Bonchev–Trinajstić information content (AvgIpc) is 3.13. The van der Waals surface area contributed by atoms with Gasteiger partial charge in [0.15, 0.2) is 5.96 Å². The first kappa shape index (κ1) is 18.8. The van der Waals surface area contributed by atoms with Gasteiger partial charge in [-0.15, -0.1) is 0 Å². The molecule has 0 saturated carbocycles. The van der Waals surface area contributed by atoms with Crippen LogP contribution in [0.4, 0.5) is 0 Å². The van der Waals surface area contributed by atoms with Gasteiger partial charge in [0.05, 0.1) is 6.54 Å². The van der Waals surface area contributed by atoms with Gasteiger partial charge in [0.1, 0.15) is 0 Å². The molecular formula is C20H34N4. The van der Waals surface area contributed by atoms with E-state index in [0.717, 1.165) is 32.0 Å². The number of aryl methyl sites for hydroxylation is 1. The van der Waals surface area contributed by atoms with Crippen LogP contribution in [-0.4, -0.2) is 43.6 Å². The van der Waals surface area contributed by atoms with Crippen molar-refractivity contribution < 1.29 is 0 Å². The molecule has 0 atom stereocenters. The quantitative estimate of drug-likeness (QED) is 0.415. The number of rotatable bonds is 9. The molecule has 0 aliphatic carbocycles. The lowest BCUT2D eigenvalue weighted by molar-refractivity contribution is 0.330. The van der Waals surface area contributed by atoms with Gasteiger partial charge in [-0.25, -0.2) is 4.99 Å². The molecule has 24 heavy (non-hydrogen) atoms. The molecule has 1 aliphatic rings. The second-order valence-electron chi connectivity index (χ2n) is 6.50. The molecule has 0 bridgehead atoms. The van der Waals surface area contributed by atoms with Crippen molar-refractivity contribution in [3.63, 3.8) is 0 Å². The summed E-state index contributed by atoms with van der Waals surface area (Å²) in [5.74, 6) is 0.935. The number of hydrogen-bond donors (Lipinski definition) is 2. The van der Waals surface area contributed by atoms with Gasteiger partial charge in [-0.1, -0.05) is 31.2 Å². The van der Waals surface area contributed by atoms with E-state index in [1.807, 2.05) is 0 Å². The predicted molar refractivity (Wildman–Crippen MR) is 104 cm³/mol. The predicted octanol–water partition coefficient (Wildman–Crippen LogP) is 3.18. The van der Waals surface area contributed by atoms with Crippen molar-refractivity contribution in [2.45, 2.75) is 52.5 Å². The van der Waals surface area contributed by atoms with Crippen molar-refractivity contribution in [1.29, 1.82) is 0 Å². The third-order valence-corrected chi connectivity index (χ3v) is 4.64. The minimum Gasteiger partial charge on any atom is -0.357 e. The maximum atomic E-state index is 4.75. The highest BCUT2D eigenvalue weighted by molar-refractivity contribution is 5.79. The molecule has 0 amide bonds. The molecule has 4 nitrogen and oxygen atoms in total. The molecule has 4 heteroatoms. The van der Waals surface area contributed by atoms with Crippen LogP contribution in [0.5, 0.6) is 0 Å². The highest BCUT2D eigenvalue weighted by atomic mass is 15.2. The van der Waals surface area contributed by atoms with Crippen LogP contribution in [-0.2, 0) is 13.0 Å². The molecule has 2 N–H and O–H groups in total. The van der Waals surface area contributed by atoms with Crippen LogP contribution < -0.4 is 10.6 Å². The van der Waals surface area contributed by atoms with Gasteiger partial charge in [-0.2, -0.15) is 0 Å². The monoisotopic (exact) mass is 330 g/mol. The molecular weight excluding hydrogens is 296 g/mol. The summed E-state index contributed by atoms with van der Waals surface area (Å²) in [5.41, 5.74) is 2.72. The maximum Gasteiger partial charge on any atom is 0.191 e. The Hall–Kier alpha value is -1.55. The first-order chi connectivity index (χ1) is 11.8. The SMILES string of the molecule is CCNC(=NCc1ccccc1CC)NCCCCN1CCCC1. The molecule has 134 valence electrons. The Balaban J connectivity index is 1.73. The Morgan fingerprint density at radius 2 is 1.79 bits per heavy atom.